The van der Waals surface area contributed by atoms with E-state index in [9.17, 15) is 0 Å². The maximum Gasteiger partial charge on any atom is 0.247 e. The van der Waals surface area contributed by atoms with Gasteiger partial charge in [0, 0.05) is 12.6 Å². The van der Waals surface area contributed by atoms with Gasteiger partial charge in [0.25, 0.3) is 0 Å². The fraction of sp³-hybridized carbons (Fsp3) is 0.158. The average Bonchev–Trinajstić information content (AvgIpc) is 3.33. The highest BCUT2D eigenvalue weighted by molar-refractivity contribution is 7.98. The van der Waals surface area contributed by atoms with Crippen LogP contribution >= 0.6 is 23.4 Å². The van der Waals surface area contributed by atoms with E-state index in [1.54, 1.807) is 6.07 Å². The highest BCUT2D eigenvalue weighted by atomic mass is 35.5. The second-order valence-corrected chi connectivity index (χ2v) is 7.18. The number of aromatic nitrogens is 5. The van der Waals surface area contributed by atoms with Crippen molar-refractivity contribution in [3.63, 3.8) is 0 Å². The van der Waals surface area contributed by atoms with E-state index in [4.69, 9.17) is 20.8 Å². The largest absolute Gasteiger partial charge is 0.484 e. The molecule has 28 heavy (non-hydrogen) atoms. The highest BCUT2D eigenvalue weighted by Gasteiger charge is 2.14. The van der Waals surface area contributed by atoms with Gasteiger partial charge in [-0.15, -0.1) is 20.4 Å². The summed E-state index contributed by atoms with van der Waals surface area (Å²) in [6, 6.07) is 17.0. The Hall–Kier alpha value is -2.84. The lowest BCUT2D eigenvalue weighted by Gasteiger charge is -2.07. The maximum atomic E-state index is 6.10. The third-order valence-corrected chi connectivity index (χ3v) is 5.25. The fourth-order valence-corrected chi connectivity index (χ4v) is 3.39. The van der Waals surface area contributed by atoms with Crippen molar-refractivity contribution in [1.82, 2.24) is 25.0 Å². The zero-order valence-electron chi connectivity index (χ0n) is 14.9. The number of nitrogens with zero attached hydrogens (tertiary/aromatic N) is 5. The van der Waals surface area contributed by atoms with Crippen LogP contribution in [0.15, 0.2) is 64.2 Å². The summed E-state index contributed by atoms with van der Waals surface area (Å²) in [5.41, 5.74) is 0.893. The Balaban J connectivity index is 1.37. The van der Waals surface area contributed by atoms with Gasteiger partial charge < -0.3 is 13.7 Å². The van der Waals surface area contributed by atoms with Crippen molar-refractivity contribution in [2.45, 2.75) is 17.5 Å². The van der Waals surface area contributed by atoms with Crippen LogP contribution in [-0.2, 0) is 19.4 Å². The highest BCUT2D eigenvalue weighted by Crippen LogP contribution is 2.26. The number of halogens is 1. The van der Waals surface area contributed by atoms with Crippen molar-refractivity contribution in [2.24, 2.45) is 7.05 Å². The molecule has 2 heterocycles. The summed E-state index contributed by atoms with van der Waals surface area (Å²) in [5, 5.41) is 17.9. The summed E-state index contributed by atoms with van der Waals surface area (Å²) in [4.78, 5) is 0. The minimum Gasteiger partial charge on any atom is -0.484 e. The lowest BCUT2D eigenvalue weighted by molar-refractivity contribution is 0.290. The summed E-state index contributed by atoms with van der Waals surface area (Å²) in [7, 11) is 1.89. The van der Waals surface area contributed by atoms with Crippen LogP contribution in [0.5, 0.6) is 5.75 Å². The van der Waals surface area contributed by atoms with Gasteiger partial charge >= 0.3 is 0 Å². The molecular formula is C19H16ClN5O2S. The molecule has 9 heteroatoms. The lowest BCUT2D eigenvalue weighted by Crippen LogP contribution is -2.04. The Morgan fingerprint density at radius 2 is 1.79 bits per heavy atom. The number of hydrogen-bond acceptors (Lipinski definition) is 7. The van der Waals surface area contributed by atoms with Crippen LogP contribution in [0.3, 0.4) is 0 Å². The van der Waals surface area contributed by atoms with Gasteiger partial charge in [-0.05, 0) is 24.3 Å². The topological polar surface area (TPSA) is 78.9 Å². The monoisotopic (exact) mass is 413 g/mol. The molecule has 2 aromatic carbocycles. The molecule has 4 rings (SSSR count). The smallest absolute Gasteiger partial charge is 0.247 e. The molecular weight excluding hydrogens is 398 g/mol. The Bertz CT molecular complexity index is 1070. The molecule has 0 N–H and O–H groups in total. The van der Waals surface area contributed by atoms with E-state index in [2.05, 4.69) is 20.4 Å². The van der Waals surface area contributed by atoms with Gasteiger partial charge in [-0.2, -0.15) is 0 Å². The molecule has 0 radical (unpaired) electrons. The van der Waals surface area contributed by atoms with Crippen LogP contribution in [0, 0.1) is 0 Å². The van der Waals surface area contributed by atoms with Crippen molar-refractivity contribution in [3.05, 3.63) is 71.3 Å². The summed E-state index contributed by atoms with van der Waals surface area (Å²) in [6.45, 7) is 0.270. The first kappa shape index (κ1) is 18.5. The Morgan fingerprint density at radius 1 is 1.00 bits per heavy atom. The standard InChI is InChI=1S/C19H16ClN5O2S/c1-25-16(11-26-15-10-6-5-9-14(15)20)21-24-19(25)28-12-17-22-23-18(27-17)13-7-3-2-4-8-13/h2-10H,11-12H2,1H3. The molecule has 142 valence electrons. The molecule has 0 aliphatic rings. The molecule has 0 fully saturated rings. The van der Waals surface area contributed by atoms with E-state index < -0.39 is 0 Å². The van der Waals surface area contributed by atoms with Gasteiger partial charge in [0.05, 0.1) is 10.8 Å². The van der Waals surface area contributed by atoms with E-state index in [-0.39, 0.29) is 6.61 Å². The third-order valence-electron chi connectivity index (χ3n) is 3.93. The van der Waals surface area contributed by atoms with Crippen LogP contribution in [-0.4, -0.2) is 25.0 Å². The Kier molecular flexibility index (Phi) is 5.59. The van der Waals surface area contributed by atoms with Crippen LogP contribution in [0.2, 0.25) is 5.02 Å². The van der Waals surface area contributed by atoms with Crippen LogP contribution < -0.4 is 4.74 Å². The van der Waals surface area contributed by atoms with E-state index in [1.165, 1.54) is 11.8 Å². The van der Waals surface area contributed by atoms with Gasteiger partial charge in [0.1, 0.15) is 12.4 Å². The van der Waals surface area contributed by atoms with Crippen molar-refractivity contribution >= 4 is 23.4 Å². The first-order valence-electron chi connectivity index (χ1n) is 8.47. The minimum absolute atomic E-state index is 0.270. The average molecular weight is 414 g/mol. The normalized spacial score (nSPS) is 10.9. The molecule has 0 atom stereocenters. The molecule has 0 aliphatic carbocycles. The van der Waals surface area contributed by atoms with Crippen molar-refractivity contribution in [3.8, 4) is 17.2 Å². The first-order valence-corrected chi connectivity index (χ1v) is 9.83. The number of thioether (sulfide) groups is 1. The summed E-state index contributed by atoms with van der Waals surface area (Å²) in [5.74, 6) is 2.83. The molecule has 0 unspecified atom stereocenters. The van der Waals surface area contributed by atoms with E-state index >= 15 is 0 Å². The fourth-order valence-electron chi connectivity index (χ4n) is 2.44. The van der Waals surface area contributed by atoms with Crippen molar-refractivity contribution < 1.29 is 9.15 Å². The van der Waals surface area contributed by atoms with Crippen molar-refractivity contribution in [2.75, 3.05) is 0 Å². The molecule has 7 nitrogen and oxygen atoms in total. The second-order valence-electron chi connectivity index (χ2n) is 5.83. The lowest BCUT2D eigenvalue weighted by atomic mass is 10.2. The minimum atomic E-state index is 0.270. The molecule has 2 aromatic heterocycles. The van der Waals surface area contributed by atoms with E-state index in [1.807, 2.05) is 60.1 Å². The van der Waals surface area contributed by atoms with Gasteiger partial charge in [-0.3, -0.25) is 0 Å². The molecule has 0 amide bonds. The number of hydrogen-bond donors (Lipinski definition) is 0. The predicted molar refractivity (Wildman–Crippen MR) is 106 cm³/mol. The Morgan fingerprint density at radius 3 is 2.61 bits per heavy atom. The first-order chi connectivity index (χ1) is 13.7. The Labute approximate surface area is 170 Å². The molecule has 4 aromatic rings. The summed E-state index contributed by atoms with van der Waals surface area (Å²) in [6.07, 6.45) is 0. The van der Waals surface area contributed by atoms with Gasteiger partial charge in [-0.1, -0.05) is 53.7 Å². The zero-order chi connectivity index (χ0) is 19.3. The maximum absolute atomic E-state index is 6.10. The predicted octanol–water partition coefficient (Wildman–Crippen LogP) is 4.39. The van der Waals surface area contributed by atoms with E-state index in [0.717, 1.165) is 10.7 Å². The zero-order valence-corrected chi connectivity index (χ0v) is 16.5. The quantitative estimate of drug-likeness (QED) is 0.415. The summed E-state index contributed by atoms with van der Waals surface area (Å²) >= 11 is 7.57. The molecule has 0 aliphatic heterocycles. The number of benzene rings is 2. The molecule has 0 bridgehead atoms. The van der Waals surface area contributed by atoms with Crippen molar-refractivity contribution in [1.29, 1.82) is 0 Å². The van der Waals surface area contributed by atoms with Crippen LogP contribution in [0.25, 0.3) is 11.5 Å². The van der Waals surface area contributed by atoms with Gasteiger partial charge in [0.15, 0.2) is 11.0 Å². The molecule has 0 saturated heterocycles. The van der Waals surface area contributed by atoms with Gasteiger partial charge in [-0.25, -0.2) is 0 Å². The molecule has 0 spiro atoms. The van der Waals surface area contributed by atoms with E-state index in [0.29, 0.717) is 34.1 Å². The van der Waals surface area contributed by atoms with Crippen LogP contribution in [0.1, 0.15) is 11.7 Å². The summed E-state index contributed by atoms with van der Waals surface area (Å²) < 4.78 is 13.3. The SMILES string of the molecule is Cn1c(COc2ccccc2Cl)nnc1SCc1nnc(-c2ccccc2)o1. The second kappa shape index (κ2) is 8.45. The molecule has 0 saturated carbocycles. The number of para-hydroxylation sites is 1. The number of rotatable bonds is 7. The van der Waals surface area contributed by atoms with Crippen LogP contribution in [0.4, 0.5) is 0 Å². The number of ether oxygens (including phenoxy) is 1. The van der Waals surface area contributed by atoms with Gasteiger partial charge in [0.2, 0.25) is 11.8 Å². The third kappa shape index (κ3) is 4.18.